The molecular formula is C16H19N3O3. The van der Waals surface area contributed by atoms with Gasteiger partial charge in [0.05, 0.1) is 13.4 Å². The summed E-state index contributed by atoms with van der Waals surface area (Å²) in [6, 6.07) is 3.76. The normalized spacial score (nSPS) is 27.0. The molecule has 1 unspecified atom stereocenters. The Hall–Kier alpha value is -2.08. The molecule has 2 aliphatic rings. The third-order valence-electron chi connectivity index (χ3n) is 4.63. The van der Waals surface area contributed by atoms with E-state index in [4.69, 9.17) is 9.15 Å². The Labute approximate surface area is 128 Å². The standard InChI is InChI=1S/C16H19N3O3/c1-21-16-14-11(3-5-22-14)7-13(18-16)15(20)17-12-6-10-2-4-19(8-10)9-12/h3,5,7,10,12H,2,4,6,8-9H2,1H3,(H,17,20)/t10-,12+/m0/s1. The minimum absolute atomic E-state index is 0.145. The average molecular weight is 301 g/mol. The van der Waals surface area contributed by atoms with Crippen LogP contribution in [0, 0.1) is 5.92 Å². The van der Waals surface area contributed by atoms with Crippen LogP contribution in [0.1, 0.15) is 23.3 Å². The zero-order chi connectivity index (χ0) is 15.1. The number of carbonyl (C=O) groups excluding carboxylic acids is 1. The molecule has 0 spiro atoms. The highest BCUT2D eigenvalue weighted by Gasteiger charge is 2.33. The third kappa shape index (κ3) is 2.33. The molecule has 0 saturated carbocycles. The van der Waals surface area contributed by atoms with Gasteiger partial charge in [-0.15, -0.1) is 0 Å². The van der Waals surface area contributed by atoms with Crippen molar-refractivity contribution >= 4 is 16.9 Å². The minimum atomic E-state index is -0.145. The van der Waals surface area contributed by atoms with E-state index in [1.165, 1.54) is 20.1 Å². The monoisotopic (exact) mass is 301 g/mol. The molecule has 116 valence electrons. The lowest BCUT2D eigenvalue weighted by atomic mass is 9.97. The lowest BCUT2D eigenvalue weighted by Crippen LogP contribution is -2.47. The molecule has 6 heteroatoms. The third-order valence-corrected chi connectivity index (χ3v) is 4.63. The zero-order valence-corrected chi connectivity index (χ0v) is 12.5. The van der Waals surface area contributed by atoms with Gasteiger partial charge >= 0.3 is 0 Å². The van der Waals surface area contributed by atoms with Crippen molar-refractivity contribution in [2.75, 3.05) is 26.7 Å². The summed E-state index contributed by atoms with van der Waals surface area (Å²) >= 11 is 0. The summed E-state index contributed by atoms with van der Waals surface area (Å²) in [5.74, 6) is 0.923. The smallest absolute Gasteiger partial charge is 0.270 e. The molecule has 0 radical (unpaired) electrons. The van der Waals surface area contributed by atoms with Crippen LogP contribution in [0.2, 0.25) is 0 Å². The molecule has 2 saturated heterocycles. The number of hydrogen-bond acceptors (Lipinski definition) is 5. The number of nitrogens with zero attached hydrogens (tertiary/aromatic N) is 2. The molecule has 2 fully saturated rings. The molecule has 4 heterocycles. The molecule has 4 rings (SSSR count). The van der Waals surface area contributed by atoms with Crippen molar-refractivity contribution in [1.29, 1.82) is 0 Å². The molecule has 0 aliphatic carbocycles. The second-order valence-electron chi connectivity index (χ2n) is 6.18. The summed E-state index contributed by atoms with van der Waals surface area (Å²) < 4.78 is 10.6. The topological polar surface area (TPSA) is 67.6 Å². The zero-order valence-electron chi connectivity index (χ0n) is 12.5. The Balaban J connectivity index is 1.55. The molecule has 1 N–H and O–H groups in total. The van der Waals surface area contributed by atoms with Crippen molar-refractivity contribution in [2.24, 2.45) is 5.92 Å². The van der Waals surface area contributed by atoms with Crippen LogP contribution in [0.4, 0.5) is 0 Å². The quantitative estimate of drug-likeness (QED) is 0.934. The maximum absolute atomic E-state index is 12.5. The molecule has 2 aliphatic heterocycles. The minimum Gasteiger partial charge on any atom is -0.478 e. The summed E-state index contributed by atoms with van der Waals surface area (Å²) in [5.41, 5.74) is 0.944. The highest BCUT2D eigenvalue weighted by Crippen LogP contribution is 2.28. The molecule has 22 heavy (non-hydrogen) atoms. The fraction of sp³-hybridized carbons (Fsp3) is 0.500. The van der Waals surface area contributed by atoms with Crippen molar-refractivity contribution < 1.29 is 13.9 Å². The molecule has 1 amide bonds. The lowest BCUT2D eigenvalue weighted by molar-refractivity contribution is 0.0903. The number of carbonyl (C=O) groups is 1. The number of ether oxygens (including phenoxy) is 1. The van der Waals surface area contributed by atoms with E-state index in [-0.39, 0.29) is 11.9 Å². The predicted octanol–water partition coefficient (Wildman–Crippen LogP) is 1.66. The van der Waals surface area contributed by atoms with Gasteiger partial charge in [0.2, 0.25) is 0 Å². The van der Waals surface area contributed by atoms with Crippen LogP contribution in [-0.4, -0.2) is 48.6 Å². The highest BCUT2D eigenvalue weighted by atomic mass is 16.5. The molecule has 3 atom stereocenters. The first-order valence-corrected chi connectivity index (χ1v) is 7.68. The number of nitrogens with one attached hydrogen (secondary N) is 1. The second kappa shape index (κ2) is 5.28. The van der Waals surface area contributed by atoms with E-state index in [0.29, 0.717) is 17.2 Å². The van der Waals surface area contributed by atoms with Crippen LogP contribution < -0.4 is 10.1 Å². The van der Waals surface area contributed by atoms with Gasteiger partial charge in [0.1, 0.15) is 5.69 Å². The van der Waals surface area contributed by atoms with Crippen LogP contribution >= 0.6 is 0 Å². The van der Waals surface area contributed by atoms with Gasteiger partial charge in [0, 0.05) is 24.5 Å². The van der Waals surface area contributed by atoms with Crippen molar-refractivity contribution in [3.05, 3.63) is 24.1 Å². The van der Waals surface area contributed by atoms with Gasteiger partial charge in [-0.25, -0.2) is 4.98 Å². The Morgan fingerprint density at radius 3 is 3.23 bits per heavy atom. The van der Waals surface area contributed by atoms with Crippen LogP contribution in [-0.2, 0) is 0 Å². The maximum atomic E-state index is 12.5. The predicted molar refractivity (Wildman–Crippen MR) is 81.0 cm³/mol. The first kappa shape index (κ1) is 13.6. The average Bonchev–Trinajstić information content (AvgIpc) is 3.12. The highest BCUT2D eigenvalue weighted by molar-refractivity contribution is 5.97. The lowest BCUT2D eigenvalue weighted by Gasteiger charge is -2.30. The summed E-state index contributed by atoms with van der Waals surface area (Å²) in [5, 5.41) is 3.94. The van der Waals surface area contributed by atoms with E-state index in [0.717, 1.165) is 30.8 Å². The van der Waals surface area contributed by atoms with Crippen LogP contribution in [0.15, 0.2) is 22.8 Å². The Bertz CT molecular complexity index is 700. The molecule has 6 nitrogen and oxygen atoms in total. The summed E-state index contributed by atoms with van der Waals surface area (Å²) in [6.45, 7) is 3.27. The first-order valence-electron chi connectivity index (χ1n) is 7.68. The second-order valence-corrected chi connectivity index (χ2v) is 6.18. The fourth-order valence-corrected chi connectivity index (χ4v) is 3.62. The van der Waals surface area contributed by atoms with Gasteiger partial charge in [0.25, 0.3) is 11.8 Å². The Kier molecular flexibility index (Phi) is 3.26. The number of furan rings is 1. The molecule has 2 bridgehead atoms. The summed E-state index contributed by atoms with van der Waals surface area (Å²) in [7, 11) is 1.53. The summed E-state index contributed by atoms with van der Waals surface area (Å²) in [4.78, 5) is 19.2. The number of aromatic nitrogens is 1. The van der Waals surface area contributed by atoms with Crippen molar-refractivity contribution in [3.63, 3.8) is 0 Å². The van der Waals surface area contributed by atoms with E-state index in [1.54, 1.807) is 12.3 Å². The SMILES string of the molecule is COc1nc(C(=O)N[C@@H]2C[C@@H]3CCN(C3)C2)cc2ccoc12. The number of amides is 1. The number of piperidine rings is 1. The van der Waals surface area contributed by atoms with Gasteiger partial charge in [-0.1, -0.05) is 0 Å². The molecule has 2 aromatic heterocycles. The van der Waals surface area contributed by atoms with Gasteiger partial charge in [-0.05, 0) is 37.4 Å². The van der Waals surface area contributed by atoms with E-state index in [9.17, 15) is 4.79 Å². The number of hydrogen-bond donors (Lipinski definition) is 1. The number of fused-ring (bicyclic) bond motifs is 3. The fourth-order valence-electron chi connectivity index (χ4n) is 3.62. The van der Waals surface area contributed by atoms with Gasteiger partial charge < -0.3 is 19.4 Å². The van der Waals surface area contributed by atoms with E-state index >= 15 is 0 Å². The Morgan fingerprint density at radius 2 is 2.41 bits per heavy atom. The number of rotatable bonds is 3. The number of pyridine rings is 1. The van der Waals surface area contributed by atoms with Crippen molar-refractivity contribution in [2.45, 2.75) is 18.9 Å². The van der Waals surface area contributed by atoms with Crippen LogP contribution in [0.25, 0.3) is 11.0 Å². The largest absolute Gasteiger partial charge is 0.478 e. The molecular weight excluding hydrogens is 282 g/mol. The van der Waals surface area contributed by atoms with Crippen molar-refractivity contribution in [1.82, 2.24) is 15.2 Å². The molecule has 0 aromatic carbocycles. The van der Waals surface area contributed by atoms with E-state index in [2.05, 4.69) is 15.2 Å². The number of methoxy groups -OCH3 is 1. The van der Waals surface area contributed by atoms with Crippen molar-refractivity contribution in [3.8, 4) is 5.88 Å². The Morgan fingerprint density at radius 1 is 1.50 bits per heavy atom. The molecule has 2 aromatic rings. The summed E-state index contributed by atoms with van der Waals surface area (Å²) in [6.07, 6.45) is 3.88. The first-order chi connectivity index (χ1) is 10.7. The van der Waals surface area contributed by atoms with Crippen LogP contribution in [0.5, 0.6) is 5.88 Å². The van der Waals surface area contributed by atoms with Gasteiger partial charge in [-0.2, -0.15) is 0 Å². The maximum Gasteiger partial charge on any atom is 0.270 e. The van der Waals surface area contributed by atoms with Gasteiger partial charge in [0.15, 0.2) is 5.58 Å². The van der Waals surface area contributed by atoms with Gasteiger partial charge in [-0.3, -0.25) is 4.79 Å². The van der Waals surface area contributed by atoms with E-state index < -0.39 is 0 Å². The van der Waals surface area contributed by atoms with E-state index in [1.807, 2.05) is 6.07 Å². The van der Waals surface area contributed by atoms with Crippen LogP contribution in [0.3, 0.4) is 0 Å².